The molecule has 1 aromatic rings. The number of halogens is 1. The van der Waals surface area contributed by atoms with E-state index in [-0.39, 0.29) is 12.4 Å². The van der Waals surface area contributed by atoms with Crippen LogP contribution in [0.2, 0.25) is 0 Å². The molecule has 0 spiro atoms. The first-order valence-corrected chi connectivity index (χ1v) is 2.69. The molecule has 0 aromatic carbocycles. The quantitative estimate of drug-likeness (QED) is 0.656. The Hall–Kier alpha value is -1.29. The average molecular weight is 175 g/mol. The topological polar surface area (TPSA) is 66.0 Å². The van der Waals surface area contributed by atoms with E-state index in [4.69, 9.17) is 5.11 Å². The molecular weight excluding hydrogens is 168 g/mol. The van der Waals surface area contributed by atoms with Crippen molar-refractivity contribution in [2.75, 3.05) is 0 Å². The summed E-state index contributed by atoms with van der Waals surface area (Å²) in [6, 6.07) is 1.68. The number of carboxylic acids is 1. The van der Waals surface area contributed by atoms with Gasteiger partial charge in [0.05, 0.1) is 5.69 Å². The van der Waals surface area contributed by atoms with E-state index in [0.717, 1.165) is 6.08 Å². The summed E-state index contributed by atoms with van der Waals surface area (Å²) in [5, 5.41) is 14.4. The molecule has 0 aliphatic carbocycles. The van der Waals surface area contributed by atoms with Gasteiger partial charge in [-0.15, -0.1) is 12.4 Å². The molecule has 1 rings (SSSR count). The van der Waals surface area contributed by atoms with Gasteiger partial charge in [0.1, 0.15) is 0 Å². The van der Waals surface area contributed by atoms with Crippen LogP contribution in [0.25, 0.3) is 6.08 Å². The first kappa shape index (κ1) is 9.71. The van der Waals surface area contributed by atoms with Crippen LogP contribution in [0.4, 0.5) is 0 Å². The second-order valence-electron chi connectivity index (χ2n) is 1.68. The van der Waals surface area contributed by atoms with Crippen LogP contribution in [0.3, 0.4) is 0 Å². The smallest absolute Gasteiger partial charge is 0.328 e. The van der Waals surface area contributed by atoms with E-state index >= 15 is 0 Å². The highest BCUT2D eigenvalue weighted by molar-refractivity contribution is 5.85. The summed E-state index contributed by atoms with van der Waals surface area (Å²) in [6.07, 6.45) is 4.05. The van der Waals surface area contributed by atoms with E-state index in [1.807, 2.05) is 0 Å². The maximum Gasteiger partial charge on any atom is 0.328 e. The highest BCUT2D eigenvalue weighted by Crippen LogP contribution is 1.93. The Morgan fingerprint density at radius 1 is 1.73 bits per heavy atom. The summed E-state index contributed by atoms with van der Waals surface area (Å²) in [5.41, 5.74) is 0.683. The van der Waals surface area contributed by atoms with Gasteiger partial charge in [0.2, 0.25) is 0 Å². The van der Waals surface area contributed by atoms with Crippen molar-refractivity contribution in [3.05, 3.63) is 24.0 Å². The number of nitrogens with one attached hydrogen (secondary N) is 1. The molecule has 4 nitrogen and oxygen atoms in total. The van der Waals surface area contributed by atoms with Gasteiger partial charge >= 0.3 is 5.97 Å². The van der Waals surface area contributed by atoms with Crippen LogP contribution < -0.4 is 0 Å². The molecule has 0 aliphatic rings. The van der Waals surface area contributed by atoms with Gasteiger partial charge in [-0.1, -0.05) is 0 Å². The van der Waals surface area contributed by atoms with Gasteiger partial charge in [-0.05, 0) is 12.1 Å². The SMILES string of the molecule is Cl.O=C(O)C=Cc1ccn[nH]1. The summed E-state index contributed by atoms with van der Waals surface area (Å²) < 4.78 is 0. The number of hydrogen-bond acceptors (Lipinski definition) is 2. The molecule has 0 saturated heterocycles. The third-order valence-electron chi connectivity index (χ3n) is 0.928. The predicted molar refractivity (Wildman–Crippen MR) is 42.5 cm³/mol. The maximum atomic E-state index is 9.97. The number of H-pyrrole nitrogens is 1. The van der Waals surface area contributed by atoms with E-state index in [1.54, 1.807) is 12.3 Å². The Labute approximate surface area is 69.3 Å². The zero-order valence-electron chi connectivity index (χ0n) is 5.52. The molecule has 0 radical (unpaired) electrons. The molecule has 0 aliphatic heterocycles. The number of aromatic amines is 1. The summed E-state index contributed by atoms with van der Waals surface area (Å²) in [7, 11) is 0. The van der Waals surface area contributed by atoms with E-state index in [9.17, 15) is 4.79 Å². The number of aromatic nitrogens is 2. The summed E-state index contributed by atoms with van der Waals surface area (Å²) in [4.78, 5) is 9.97. The summed E-state index contributed by atoms with van der Waals surface area (Å²) >= 11 is 0. The van der Waals surface area contributed by atoms with Gasteiger partial charge in [0.15, 0.2) is 0 Å². The largest absolute Gasteiger partial charge is 0.478 e. The number of rotatable bonds is 2. The number of nitrogens with zero attached hydrogens (tertiary/aromatic N) is 1. The third-order valence-corrected chi connectivity index (χ3v) is 0.928. The fourth-order valence-corrected chi connectivity index (χ4v) is 0.521. The minimum atomic E-state index is -0.963. The molecule has 0 unspecified atom stereocenters. The minimum Gasteiger partial charge on any atom is -0.478 e. The van der Waals surface area contributed by atoms with Crippen LogP contribution in [-0.2, 0) is 4.79 Å². The van der Waals surface area contributed by atoms with Crippen LogP contribution in [0.5, 0.6) is 0 Å². The van der Waals surface area contributed by atoms with E-state index in [0.29, 0.717) is 5.69 Å². The second-order valence-corrected chi connectivity index (χ2v) is 1.68. The first-order chi connectivity index (χ1) is 4.79. The van der Waals surface area contributed by atoms with Gasteiger partial charge in [0, 0.05) is 12.3 Å². The molecule has 2 N–H and O–H groups in total. The number of aliphatic carboxylic acids is 1. The number of hydrogen-bond donors (Lipinski definition) is 2. The van der Waals surface area contributed by atoms with Crippen molar-refractivity contribution < 1.29 is 9.90 Å². The molecule has 0 bridgehead atoms. The third kappa shape index (κ3) is 3.42. The first-order valence-electron chi connectivity index (χ1n) is 2.69. The lowest BCUT2D eigenvalue weighted by atomic mass is 10.4. The Bertz CT molecular complexity index is 243. The van der Waals surface area contributed by atoms with Crippen LogP contribution >= 0.6 is 12.4 Å². The molecule has 1 aromatic heterocycles. The highest BCUT2D eigenvalue weighted by atomic mass is 35.5. The van der Waals surface area contributed by atoms with Crippen molar-refractivity contribution in [2.45, 2.75) is 0 Å². The van der Waals surface area contributed by atoms with Crippen molar-refractivity contribution in [1.29, 1.82) is 0 Å². The standard InChI is InChI=1S/C6H6N2O2.ClH/c9-6(10)2-1-5-3-4-7-8-5;/h1-4H,(H,7,8)(H,9,10);1H. The summed E-state index contributed by atoms with van der Waals surface area (Å²) in [5.74, 6) is -0.963. The van der Waals surface area contributed by atoms with Crippen LogP contribution in [-0.4, -0.2) is 21.3 Å². The molecule has 0 saturated carbocycles. The molecule has 0 atom stereocenters. The van der Waals surface area contributed by atoms with Crippen molar-refractivity contribution in [2.24, 2.45) is 0 Å². The van der Waals surface area contributed by atoms with Crippen LogP contribution in [0.1, 0.15) is 5.69 Å². The van der Waals surface area contributed by atoms with Crippen molar-refractivity contribution >= 4 is 24.5 Å². The molecule has 5 heteroatoms. The van der Waals surface area contributed by atoms with Crippen LogP contribution in [0, 0.1) is 0 Å². The zero-order valence-corrected chi connectivity index (χ0v) is 6.34. The minimum absolute atomic E-state index is 0. The van der Waals surface area contributed by atoms with Gasteiger partial charge in [0.25, 0.3) is 0 Å². The molecule has 60 valence electrons. The molecule has 11 heavy (non-hydrogen) atoms. The van der Waals surface area contributed by atoms with Gasteiger partial charge < -0.3 is 5.11 Å². The fraction of sp³-hybridized carbons (Fsp3) is 0. The van der Waals surface area contributed by atoms with E-state index in [1.165, 1.54) is 6.08 Å². The van der Waals surface area contributed by atoms with Crippen molar-refractivity contribution in [3.63, 3.8) is 0 Å². The van der Waals surface area contributed by atoms with Crippen molar-refractivity contribution in [3.8, 4) is 0 Å². The Morgan fingerprint density at radius 3 is 2.91 bits per heavy atom. The number of carboxylic acid groups (broad SMARTS) is 1. The van der Waals surface area contributed by atoms with Crippen molar-refractivity contribution in [1.82, 2.24) is 10.2 Å². The van der Waals surface area contributed by atoms with Gasteiger partial charge in [-0.2, -0.15) is 5.10 Å². The number of carbonyl (C=O) groups is 1. The van der Waals surface area contributed by atoms with E-state index < -0.39 is 5.97 Å². The Morgan fingerprint density at radius 2 is 2.45 bits per heavy atom. The monoisotopic (exact) mass is 174 g/mol. The van der Waals surface area contributed by atoms with E-state index in [2.05, 4.69) is 10.2 Å². The Kier molecular flexibility index (Phi) is 3.98. The molecule has 0 fully saturated rings. The van der Waals surface area contributed by atoms with Gasteiger partial charge in [-0.25, -0.2) is 4.79 Å². The normalized spacial score (nSPS) is 9.45. The Balaban J connectivity index is 0.000001000. The zero-order chi connectivity index (χ0) is 7.40. The van der Waals surface area contributed by atoms with Gasteiger partial charge in [-0.3, -0.25) is 5.10 Å². The lowest BCUT2D eigenvalue weighted by molar-refractivity contribution is -0.131. The summed E-state index contributed by atoms with van der Waals surface area (Å²) in [6.45, 7) is 0. The maximum absolute atomic E-state index is 9.97. The highest BCUT2D eigenvalue weighted by Gasteiger charge is 1.87. The lowest BCUT2D eigenvalue weighted by Gasteiger charge is -1.79. The molecular formula is C6H7ClN2O2. The second kappa shape index (κ2) is 4.51. The predicted octanol–water partition coefficient (Wildman–Crippen LogP) is 0.929. The molecule has 0 amide bonds. The van der Waals surface area contributed by atoms with Crippen LogP contribution in [0.15, 0.2) is 18.3 Å². The average Bonchev–Trinajstić information content (AvgIpc) is 2.34. The fourth-order valence-electron chi connectivity index (χ4n) is 0.521. The lowest BCUT2D eigenvalue weighted by Crippen LogP contribution is -1.85. The molecule has 1 heterocycles.